The fourth-order valence-electron chi connectivity index (χ4n) is 3.91. The van der Waals surface area contributed by atoms with Crippen LogP contribution >= 0.6 is 11.6 Å². The minimum atomic E-state index is -4.12. The minimum absolute atomic E-state index is 0.0562. The van der Waals surface area contributed by atoms with Gasteiger partial charge in [-0.05, 0) is 67.8 Å². The van der Waals surface area contributed by atoms with Gasteiger partial charge >= 0.3 is 0 Å². The first-order valence-electron chi connectivity index (χ1n) is 11.5. The Balaban J connectivity index is 1.98. The van der Waals surface area contributed by atoms with E-state index in [1.807, 2.05) is 39.0 Å². The molecule has 0 bridgehead atoms. The number of halogens is 1. The molecule has 192 valence electrons. The van der Waals surface area contributed by atoms with Gasteiger partial charge in [-0.1, -0.05) is 48.4 Å². The van der Waals surface area contributed by atoms with Crippen LogP contribution in [0.25, 0.3) is 0 Å². The van der Waals surface area contributed by atoms with Gasteiger partial charge in [0, 0.05) is 5.02 Å². The van der Waals surface area contributed by atoms with Gasteiger partial charge in [-0.25, -0.2) is 8.42 Å². The van der Waals surface area contributed by atoms with E-state index in [1.54, 1.807) is 31.4 Å². The van der Waals surface area contributed by atoms with Crippen LogP contribution in [0.5, 0.6) is 11.5 Å². The highest BCUT2D eigenvalue weighted by Crippen LogP contribution is 2.35. The molecule has 1 amide bonds. The molecule has 0 saturated heterocycles. The number of ether oxygens (including phenoxy) is 2. The molecule has 3 aromatic carbocycles. The highest BCUT2D eigenvalue weighted by atomic mass is 35.5. The van der Waals surface area contributed by atoms with Crippen LogP contribution in [0.4, 0.5) is 5.69 Å². The Morgan fingerprint density at radius 2 is 1.61 bits per heavy atom. The Bertz CT molecular complexity index is 1330. The smallest absolute Gasteiger partial charge is 0.264 e. The largest absolute Gasteiger partial charge is 0.496 e. The molecular weight excluding hydrogens is 500 g/mol. The number of hydrogen-bond acceptors (Lipinski definition) is 5. The van der Waals surface area contributed by atoms with E-state index in [2.05, 4.69) is 5.32 Å². The number of amides is 1. The van der Waals surface area contributed by atoms with E-state index in [9.17, 15) is 13.2 Å². The van der Waals surface area contributed by atoms with Gasteiger partial charge in [0.1, 0.15) is 18.0 Å². The zero-order chi connectivity index (χ0) is 26.5. The first kappa shape index (κ1) is 27.4. The number of anilines is 1. The van der Waals surface area contributed by atoms with Crippen LogP contribution in [-0.4, -0.2) is 35.1 Å². The van der Waals surface area contributed by atoms with Crippen molar-refractivity contribution < 1.29 is 22.7 Å². The van der Waals surface area contributed by atoms with Gasteiger partial charge < -0.3 is 14.8 Å². The van der Waals surface area contributed by atoms with Crippen molar-refractivity contribution >= 4 is 33.2 Å². The summed E-state index contributed by atoms with van der Waals surface area (Å²) in [7, 11) is -1.08. The lowest BCUT2D eigenvalue weighted by atomic mass is 10.0. The van der Waals surface area contributed by atoms with E-state index in [0.717, 1.165) is 26.7 Å². The highest BCUT2D eigenvalue weighted by molar-refractivity contribution is 7.92. The Hall–Kier alpha value is -3.23. The van der Waals surface area contributed by atoms with Crippen molar-refractivity contribution in [2.75, 3.05) is 25.1 Å². The lowest BCUT2D eigenvalue weighted by Gasteiger charge is -2.27. The number of rotatable bonds is 10. The number of carbonyl (C=O) groups excluding carboxylic acids is 1. The average Bonchev–Trinajstić information content (AvgIpc) is 2.86. The number of carbonyl (C=O) groups is 1. The maximum atomic E-state index is 13.7. The fourth-order valence-corrected chi connectivity index (χ4v) is 5.49. The zero-order valence-electron chi connectivity index (χ0n) is 21.0. The molecule has 0 aromatic heterocycles. The molecule has 0 fully saturated rings. The van der Waals surface area contributed by atoms with Gasteiger partial charge in [0.15, 0.2) is 0 Å². The second-order valence-electron chi connectivity index (χ2n) is 8.40. The van der Waals surface area contributed by atoms with Crippen molar-refractivity contribution in [2.24, 2.45) is 0 Å². The van der Waals surface area contributed by atoms with E-state index in [-0.39, 0.29) is 22.4 Å². The van der Waals surface area contributed by atoms with Gasteiger partial charge in [0.2, 0.25) is 5.91 Å². The van der Waals surface area contributed by atoms with Crippen LogP contribution in [0.3, 0.4) is 0 Å². The van der Waals surface area contributed by atoms with Gasteiger partial charge in [-0.3, -0.25) is 9.10 Å². The molecule has 0 aliphatic carbocycles. The molecule has 0 saturated carbocycles. The standard InChI is InChI=1S/C27H31ClN2O5S/c1-6-23(20-9-13-25(34-4)19(3)15-20)29-27(31)17-30(24-16-21(28)10-14-26(24)35-5)36(32,33)22-11-7-18(2)8-12-22/h7-16,23H,6,17H2,1-5H3,(H,29,31)/t23-/m1/s1. The quantitative estimate of drug-likeness (QED) is 0.377. The Morgan fingerprint density at radius 1 is 0.972 bits per heavy atom. The summed E-state index contributed by atoms with van der Waals surface area (Å²) in [6, 6.07) is 16.5. The van der Waals surface area contributed by atoms with E-state index in [1.165, 1.54) is 25.3 Å². The summed E-state index contributed by atoms with van der Waals surface area (Å²) in [5.74, 6) is 0.567. The molecule has 0 aliphatic rings. The van der Waals surface area contributed by atoms with Crippen LogP contribution in [-0.2, 0) is 14.8 Å². The van der Waals surface area contributed by atoms with Gasteiger partial charge in [0.25, 0.3) is 10.0 Å². The Kier molecular flexibility index (Phi) is 8.87. The lowest BCUT2D eigenvalue weighted by molar-refractivity contribution is -0.120. The van der Waals surface area contributed by atoms with E-state index >= 15 is 0 Å². The maximum Gasteiger partial charge on any atom is 0.264 e. The fraction of sp³-hybridized carbons (Fsp3) is 0.296. The van der Waals surface area contributed by atoms with Crippen molar-refractivity contribution in [1.29, 1.82) is 0 Å². The molecule has 9 heteroatoms. The number of methoxy groups -OCH3 is 2. The second kappa shape index (κ2) is 11.7. The van der Waals surface area contributed by atoms with Crippen molar-refractivity contribution in [1.82, 2.24) is 5.32 Å². The summed E-state index contributed by atoms with van der Waals surface area (Å²) in [5.41, 5.74) is 2.93. The molecule has 36 heavy (non-hydrogen) atoms. The molecule has 7 nitrogen and oxygen atoms in total. The Morgan fingerprint density at radius 3 is 2.19 bits per heavy atom. The molecule has 1 atom stereocenters. The monoisotopic (exact) mass is 530 g/mol. The van der Waals surface area contributed by atoms with E-state index < -0.39 is 22.5 Å². The van der Waals surface area contributed by atoms with Gasteiger partial charge in [-0.2, -0.15) is 0 Å². The molecule has 0 unspecified atom stereocenters. The minimum Gasteiger partial charge on any atom is -0.496 e. The summed E-state index contributed by atoms with van der Waals surface area (Å²) in [5, 5.41) is 3.29. The summed E-state index contributed by atoms with van der Waals surface area (Å²) in [6.07, 6.45) is 0.614. The van der Waals surface area contributed by atoms with Crippen LogP contribution in [0.2, 0.25) is 5.02 Å². The molecule has 0 heterocycles. The maximum absolute atomic E-state index is 13.7. The summed E-state index contributed by atoms with van der Waals surface area (Å²) in [4.78, 5) is 13.3. The van der Waals surface area contributed by atoms with Crippen LogP contribution in [0, 0.1) is 13.8 Å². The number of benzene rings is 3. The molecule has 0 aliphatic heterocycles. The molecule has 0 radical (unpaired) electrons. The third-order valence-corrected chi connectivity index (χ3v) is 7.88. The highest BCUT2D eigenvalue weighted by Gasteiger charge is 2.30. The van der Waals surface area contributed by atoms with E-state index in [4.69, 9.17) is 21.1 Å². The zero-order valence-corrected chi connectivity index (χ0v) is 22.6. The van der Waals surface area contributed by atoms with Crippen molar-refractivity contribution in [3.8, 4) is 11.5 Å². The normalized spacial score (nSPS) is 12.1. The van der Waals surface area contributed by atoms with Crippen LogP contribution in [0.1, 0.15) is 36.1 Å². The summed E-state index contributed by atoms with van der Waals surface area (Å²) in [6.45, 7) is 5.29. The van der Waals surface area contributed by atoms with Crippen LogP contribution < -0.4 is 19.1 Å². The first-order chi connectivity index (χ1) is 17.1. The Labute approximate surface area is 218 Å². The predicted molar refractivity (Wildman–Crippen MR) is 143 cm³/mol. The number of nitrogens with zero attached hydrogens (tertiary/aromatic N) is 1. The number of hydrogen-bond donors (Lipinski definition) is 1. The van der Waals surface area contributed by atoms with Gasteiger partial charge in [-0.15, -0.1) is 0 Å². The molecule has 0 spiro atoms. The number of nitrogens with one attached hydrogen (secondary N) is 1. The van der Waals surface area contributed by atoms with Crippen molar-refractivity contribution in [2.45, 2.75) is 38.1 Å². The third-order valence-electron chi connectivity index (χ3n) is 5.87. The lowest BCUT2D eigenvalue weighted by Crippen LogP contribution is -2.42. The van der Waals surface area contributed by atoms with E-state index in [0.29, 0.717) is 11.4 Å². The molecular formula is C27H31ClN2O5S. The third kappa shape index (κ3) is 6.12. The molecule has 1 N–H and O–H groups in total. The topological polar surface area (TPSA) is 84.9 Å². The average molecular weight is 531 g/mol. The summed E-state index contributed by atoms with van der Waals surface area (Å²) < 4.78 is 39.2. The van der Waals surface area contributed by atoms with Gasteiger partial charge in [0.05, 0.1) is 30.8 Å². The van der Waals surface area contributed by atoms with Crippen molar-refractivity contribution in [3.05, 3.63) is 82.4 Å². The number of sulfonamides is 1. The second-order valence-corrected chi connectivity index (χ2v) is 10.7. The number of aryl methyl sites for hydroxylation is 2. The van der Waals surface area contributed by atoms with Crippen molar-refractivity contribution in [3.63, 3.8) is 0 Å². The first-order valence-corrected chi connectivity index (χ1v) is 13.3. The molecule has 3 aromatic rings. The summed E-state index contributed by atoms with van der Waals surface area (Å²) >= 11 is 6.21. The van der Waals surface area contributed by atoms with Crippen LogP contribution in [0.15, 0.2) is 65.6 Å². The SMILES string of the molecule is CC[C@@H](NC(=O)CN(c1cc(Cl)ccc1OC)S(=O)(=O)c1ccc(C)cc1)c1ccc(OC)c(C)c1. The molecule has 3 rings (SSSR count). The predicted octanol–water partition coefficient (Wildman–Crippen LogP) is 5.44.